The van der Waals surface area contributed by atoms with Crippen LogP contribution in [0.5, 0.6) is 0 Å². The number of likely N-dealkylation sites (tertiary alicyclic amines) is 1. The Labute approximate surface area is 179 Å². The second kappa shape index (κ2) is 8.67. The minimum atomic E-state index is 0.144. The van der Waals surface area contributed by atoms with Gasteiger partial charge in [-0.05, 0) is 44.4 Å². The monoisotopic (exact) mass is 429 g/mol. The van der Waals surface area contributed by atoms with Crippen LogP contribution in [0.2, 0.25) is 5.02 Å². The van der Waals surface area contributed by atoms with Crippen LogP contribution < -0.4 is 0 Å². The van der Waals surface area contributed by atoms with Crippen LogP contribution in [-0.2, 0) is 17.6 Å². The summed E-state index contributed by atoms with van der Waals surface area (Å²) in [4.78, 5) is 24.8. The Kier molecular flexibility index (Phi) is 6.01. The van der Waals surface area contributed by atoms with Gasteiger partial charge in [0.2, 0.25) is 5.91 Å². The Morgan fingerprint density at radius 3 is 3.00 bits per heavy atom. The summed E-state index contributed by atoms with van der Waals surface area (Å²) in [7, 11) is 0. The van der Waals surface area contributed by atoms with E-state index in [2.05, 4.69) is 9.97 Å². The Balaban J connectivity index is 1.40. The molecule has 0 bridgehead atoms. The molecule has 29 heavy (non-hydrogen) atoms. The summed E-state index contributed by atoms with van der Waals surface area (Å²) in [6, 6.07) is 7.76. The van der Waals surface area contributed by atoms with Gasteiger partial charge in [0.05, 0.1) is 29.2 Å². The van der Waals surface area contributed by atoms with E-state index in [9.17, 15) is 4.79 Å². The zero-order valence-corrected chi connectivity index (χ0v) is 18.2. The molecule has 1 atom stereocenters. The SMILES string of the molecule is Cc1nc(C)c(CC(=O)N2CCCC(c3ncc(Cc4cccc(Cl)c4)o3)C2)s1. The van der Waals surface area contributed by atoms with E-state index in [4.69, 9.17) is 16.0 Å². The fraction of sp³-hybridized carbons (Fsp3) is 0.409. The molecule has 0 spiro atoms. The van der Waals surface area contributed by atoms with Gasteiger partial charge in [0, 0.05) is 29.4 Å². The fourth-order valence-corrected chi connectivity index (χ4v) is 4.97. The summed E-state index contributed by atoms with van der Waals surface area (Å²) in [6.45, 7) is 5.40. The zero-order chi connectivity index (χ0) is 20.4. The van der Waals surface area contributed by atoms with Gasteiger partial charge in [-0.3, -0.25) is 4.79 Å². The highest BCUT2D eigenvalue weighted by Gasteiger charge is 2.28. The molecule has 0 N–H and O–H groups in total. The summed E-state index contributed by atoms with van der Waals surface area (Å²) in [5.74, 6) is 1.85. The molecule has 3 heterocycles. The molecular weight excluding hydrogens is 406 g/mol. The maximum Gasteiger partial charge on any atom is 0.227 e. The lowest BCUT2D eigenvalue weighted by Gasteiger charge is -2.31. The molecule has 1 unspecified atom stereocenters. The number of aromatic nitrogens is 2. The first-order valence-corrected chi connectivity index (χ1v) is 11.1. The van der Waals surface area contributed by atoms with Crippen LogP contribution in [0.15, 0.2) is 34.9 Å². The highest BCUT2D eigenvalue weighted by atomic mass is 35.5. The van der Waals surface area contributed by atoms with Crippen LogP contribution in [0, 0.1) is 13.8 Å². The lowest BCUT2D eigenvalue weighted by molar-refractivity contribution is -0.131. The average Bonchev–Trinajstić information content (AvgIpc) is 3.28. The smallest absolute Gasteiger partial charge is 0.227 e. The standard InChI is InChI=1S/C22H24ClN3O2S/c1-14-20(29-15(2)25-14)11-21(27)26-8-4-6-17(13-26)22-24-12-19(28-22)10-16-5-3-7-18(23)9-16/h3,5,7,9,12,17H,4,6,8,10-11,13H2,1-2H3. The summed E-state index contributed by atoms with van der Waals surface area (Å²) in [5, 5.41) is 1.73. The summed E-state index contributed by atoms with van der Waals surface area (Å²) in [5.41, 5.74) is 2.06. The van der Waals surface area contributed by atoms with E-state index in [1.54, 1.807) is 17.5 Å². The minimum Gasteiger partial charge on any atom is -0.445 e. The van der Waals surface area contributed by atoms with E-state index < -0.39 is 0 Å². The second-order valence-corrected chi connectivity index (χ2v) is 9.29. The number of nitrogens with zero attached hydrogens (tertiary/aromatic N) is 3. The third-order valence-electron chi connectivity index (χ3n) is 5.27. The average molecular weight is 430 g/mol. The number of halogens is 1. The number of amides is 1. The number of carbonyl (C=O) groups is 1. The van der Waals surface area contributed by atoms with Crippen molar-refractivity contribution in [1.29, 1.82) is 0 Å². The van der Waals surface area contributed by atoms with E-state index in [1.807, 2.05) is 43.0 Å². The number of hydrogen-bond donors (Lipinski definition) is 0. The third-order valence-corrected chi connectivity index (χ3v) is 6.58. The lowest BCUT2D eigenvalue weighted by Crippen LogP contribution is -2.40. The molecule has 4 rings (SSSR count). The van der Waals surface area contributed by atoms with Gasteiger partial charge in [-0.15, -0.1) is 11.3 Å². The maximum atomic E-state index is 12.8. The quantitative estimate of drug-likeness (QED) is 0.576. The van der Waals surface area contributed by atoms with Crippen LogP contribution in [-0.4, -0.2) is 33.9 Å². The highest BCUT2D eigenvalue weighted by Crippen LogP contribution is 2.28. The van der Waals surface area contributed by atoms with Crippen molar-refractivity contribution in [3.63, 3.8) is 0 Å². The van der Waals surface area contributed by atoms with Crippen molar-refractivity contribution in [1.82, 2.24) is 14.9 Å². The van der Waals surface area contributed by atoms with Crippen molar-refractivity contribution in [3.8, 4) is 0 Å². The van der Waals surface area contributed by atoms with Crippen LogP contribution in [0.4, 0.5) is 0 Å². The van der Waals surface area contributed by atoms with Gasteiger partial charge in [0.1, 0.15) is 5.76 Å². The molecule has 1 aromatic carbocycles. The Hall–Kier alpha value is -2.18. The van der Waals surface area contributed by atoms with Crippen molar-refractivity contribution in [2.75, 3.05) is 13.1 Å². The second-order valence-electron chi connectivity index (χ2n) is 7.57. The predicted octanol–water partition coefficient (Wildman–Crippen LogP) is 4.94. The van der Waals surface area contributed by atoms with Crippen molar-refractivity contribution >= 4 is 28.8 Å². The number of oxazole rings is 1. The van der Waals surface area contributed by atoms with E-state index in [0.717, 1.165) is 57.2 Å². The summed E-state index contributed by atoms with van der Waals surface area (Å²) >= 11 is 7.68. The van der Waals surface area contributed by atoms with Crippen molar-refractivity contribution in [2.45, 2.75) is 45.4 Å². The molecule has 0 aliphatic carbocycles. The zero-order valence-electron chi connectivity index (χ0n) is 16.7. The fourth-order valence-electron chi connectivity index (χ4n) is 3.83. The van der Waals surface area contributed by atoms with Gasteiger partial charge in [0.25, 0.3) is 0 Å². The summed E-state index contributed by atoms with van der Waals surface area (Å²) in [6.07, 6.45) is 4.83. The first kappa shape index (κ1) is 20.1. The normalized spacial score (nSPS) is 16.9. The maximum absolute atomic E-state index is 12.8. The van der Waals surface area contributed by atoms with Gasteiger partial charge < -0.3 is 9.32 Å². The number of carbonyl (C=O) groups excluding carboxylic acids is 1. The number of rotatable bonds is 5. The van der Waals surface area contributed by atoms with Crippen LogP contribution >= 0.6 is 22.9 Å². The molecule has 3 aromatic rings. The highest BCUT2D eigenvalue weighted by molar-refractivity contribution is 7.11. The third kappa shape index (κ3) is 4.87. The van der Waals surface area contributed by atoms with Crippen LogP contribution in [0.3, 0.4) is 0 Å². The Morgan fingerprint density at radius 2 is 2.24 bits per heavy atom. The molecule has 2 aromatic heterocycles. The molecule has 1 amide bonds. The largest absolute Gasteiger partial charge is 0.445 e. The van der Waals surface area contributed by atoms with Crippen molar-refractivity contribution in [3.05, 3.63) is 68.3 Å². The molecule has 7 heteroatoms. The Morgan fingerprint density at radius 1 is 1.38 bits per heavy atom. The first-order chi connectivity index (χ1) is 14.0. The number of thiazole rings is 1. The van der Waals surface area contributed by atoms with Gasteiger partial charge >= 0.3 is 0 Å². The first-order valence-electron chi connectivity index (χ1n) is 9.87. The van der Waals surface area contributed by atoms with Gasteiger partial charge in [0.15, 0.2) is 5.89 Å². The molecule has 1 fully saturated rings. The van der Waals surface area contributed by atoms with Crippen molar-refractivity contribution < 1.29 is 9.21 Å². The van der Waals surface area contributed by atoms with Gasteiger partial charge in [-0.2, -0.15) is 0 Å². The number of aryl methyl sites for hydroxylation is 2. The molecular formula is C22H24ClN3O2S. The van der Waals surface area contributed by atoms with E-state index >= 15 is 0 Å². The molecule has 1 saturated heterocycles. The number of piperidine rings is 1. The topological polar surface area (TPSA) is 59.2 Å². The molecule has 0 radical (unpaired) electrons. The van der Waals surface area contributed by atoms with E-state index in [1.165, 1.54) is 0 Å². The Bertz CT molecular complexity index is 1010. The molecule has 152 valence electrons. The summed E-state index contributed by atoms with van der Waals surface area (Å²) < 4.78 is 6.04. The van der Waals surface area contributed by atoms with Gasteiger partial charge in [-0.1, -0.05) is 23.7 Å². The lowest BCUT2D eigenvalue weighted by atomic mass is 9.97. The van der Waals surface area contributed by atoms with Crippen LogP contribution in [0.25, 0.3) is 0 Å². The molecule has 1 aliphatic rings. The minimum absolute atomic E-state index is 0.144. The van der Waals surface area contributed by atoms with E-state index in [0.29, 0.717) is 19.4 Å². The van der Waals surface area contributed by atoms with Crippen molar-refractivity contribution in [2.24, 2.45) is 0 Å². The number of benzene rings is 1. The molecule has 1 aliphatic heterocycles. The number of hydrogen-bond acceptors (Lipinski definition) is 5. The predicted molar refractivity (Wildman–Crippen MR) is 115 cm³/mol. The molecule has 5 nitrogen and oxygen atoms in total. The molecule has 0 saturated carbocycles. The van der Waals surface area contributed by atoms with E-state index in [-0.39, 0.29) is 11.8 Å². The van der Waals surface area contributed by atoms with Crippen LogP contribution in [0.1, 0.15) is 51.6 Å². The van der Waals surface area contributed by atoms with Gasteiger partial charge in [-0.25, -0.2) is 9.97 Å².